The number of hydrogen-bond donors (Lipinski definition) is 2. The zero-order valence-electron chi connectivity index (χ0n) is 15.4. The van der Waals surface area contributed by atoms with Gasteiger partial charge in [-0.15, -0.1) is 0 Å². The number of H-pyrrole nitrogens is 1. The second kappa shape index (κ2) is 7.23. The van der Waals surface area contributed by atoms with Gasteiger partial charge in [-0.25, -0.2) is 4.98 Å². The number of amides is 1. The third kappa shape index (κ3) is 3.28. The highest BCUT2D eigenvalue weighted by atomic mass is 16.2. The average molecular weight is 356 g/mol. The molecule has 1 saturated heterocycles. The predicted octanol–water partition coefficient (Wildman–Crippen LogP) is 2.47. The highest BCUT2D eigenvalue weighted by molar-refractivity contribution is 5.85. The molecule has 0 spiro atoms. The van der Waals surface area contributed by atoms with E-state index < -0.39 is 0 Å². The van der Waals surface area contributed by atoms with E-state index in [1.165, 1.54) is 19.3 Å². The number of anilines is 1. The fourth-order valence-corrected chi connectivity index (χ4v) is 4.43. The number of carbonyl (C=O) groups excluding carboxylic acids is 1. The molecule has 2 aromatic rings. The van der Waals surface area contributed by atoms with Crippen molar-refractivity contribution < 1.29 is 4.79 Å². The van der Waals surface area contributed by atoms with Crippen molar-refractivity contribution in [2.75, 3.05) is 25.9 Å². The standard InChI is InChI=1S/C19H28N6O/c1-24(13-6-3-2-4-7-13)17(26)12-25-11-5-8-16(25)15-10-9-14-18(20)22-23-19(14)21-15/h9-10,13,16H,2-8,11-12H2,1H3,(H3,20,21,22,23). The highest BCUT2D eigenvalue weighted by Gasteiger charge is 2.31. The molecule has 1 unspecified atom stereocenters. The van der Waals surface area contributed by atoms with Crippen LogP contribution in [0.4, 0.5) is 5.82 Å². The third-order valence-electron chi connectivity index (χ3n) is 6.03. The summed E-state index contributed by atoms with van der Waals surface area (Å²) in [5, 5.41) is 7.80. The van der Waals surface area contributed by atoms with Crippen molar-refractivity contribution in [3.63, 3.8) is 0 Å². The van der Waals surface area contributed by atoms with E-state index in [1.807, 2.05) is 24.1 Å². The van der Waals surface area contributed by atoms with Crippen molar-refractivity contribution >= 4 is 22.8 Å². The number of pyridine rings is 1. The Hall–Kier alpha value is -2.15. The molecule has 2 fully saturated rings. The van der Waals surface area contributed by atoms with Crippen molar-refractivity contribution in [2.45, 2.75) is 57.0 Å². The van der Waals surface area contributed by atoms with Crippen LogP contribution >= 0.6 is 0 Å². The Balaban J connectivity index is 1.46. The Morgan fingerprint density at radius 3 is 2.88 bits per heavy atom. The van der Waals surface area contributed by atoms with E-state index in [1.54, 1.807) is 0 Å². The molecule has 2 aliphatic rings. The predicted molar refractivity (Wildman–Crippen MR) is 101 cm³/mol. The van der Waals surface area contributed by atoms with Crippen LogP contribution in [0.1, 0.15) is 56.7 Å². The minimum atomic E-state index is 0.182. The molecule has 1 saturated carbocycles. The number of nitrogens with one attached hydrogen (secondary N) is 1. The van der Waals surface area contributed by atoms with Gasteiger partial charge in [0.1, 0.15) is 5.82 Å². The molecule has 1 aliphatic heterocycles. The number of likely N-dealkylation sites (N-methyl/N-ethyl adjacent to an activating group) is 1. The molecule has 1 aliphatic carbocycles. The second-order valence-electron chi connectivity index (χ2n) is 7.67. The van der Waals surface area contributed by atoms with E-state index in [-0.39, 0.29) is 11.9 Å². The van der Waals surface area contributed by atoms with Gasteiger partial charge < -0.3 is 10.6 Å². The number of rotatable bonds is 4. The van der Waals surface area contributed by atoms with E-state index in [2.05, 4.69) is 20.1 Å². The zero-order valence-corrected chi connectivity index (χ0v) is 15.4. The first kappa shape index (κ1) is 17.3. The van der Waals surface area contributed by atoms with Crippen LogP contribution in [0.3, 0.4) is 0 Å². The molecule has 3 heterocycles. The van der Waals surface area contributed by atoms with Crippen molar-refractivity contribution in [1.29, 1.82) is 0 Å². The molecular weight excluding hydrogens is 328 g/mol. The van der Waals surface area contributed by atoms with Gasteiger partial charge >= 0.3 is 0 Å². The number of hydrogen-bond acceptors (Lipinski definition) is 5. The molecular formula is C19H28N6O. The first-order chi connectivity index (χ1) is 12.6. The lowest BCUT2D eigenvalue weighted by Gasteiger charge is -2.33. The minimum Gasteiger partial charge on any atom is -0.384 e. The maximum absolute atomic E-state index is 12.8. The summed E-state index contributed by atoms with van der Waals surface area (Å²) in [6, 6.07) is 4.59. The van der Waals surface area contributed by atoms with Gasteiger partial charge in [-0.2, -0.15) is 5.10 Å². The zero-order chi connectivity index (χ0) is 18.1. The molecule has 7 nitrogen and oxygen atoms in total. The van der Waals surface area contributed by atoms with Gasteiger partial charge in [-0.1, -0.05) is 19.3 Å². The van der Waals surface area contributed by atoms with Crippen molar-refractivity contribution in [2.24, 2.45) is 0 Å². The summed E-state index contributed by atoms with van der Waals surface area (Å²) in [7, 11) is 1.97. The highest BCUT2D eigenvalue weighted by Crippen LogP contribution is 2.32. The summed E-state index contributed by atoms with van der Waals surface area (Å²) >= 11 is 0. The Labute approximate surface area is 153 Å². The average Bonchev–Trinajstić information content (AvgIpc) is 3.28. The Morgan fingerprint density at radius 1 is 1.27 bits per heavy atom. The summed E-state index contributed by atoms with van der Waals surface area (Å²) in [6.07, 6.45) is 8.19. The van der Waals surface area contributed by atoms with Crippen molar-refractivity contribution in [3.05, 3.63) is 17.8 Å². The summed E-state index contributed by atoms with van der Waals surface area (Å²) in [6.45, 7) is 1.41. The summed E-state index contributed by atoms with van der Waals surface area (Å²) < 4.78 is 0. The number of fused-ring (bicyclic) bond motifs is 1. The second-order valence-corrected chi connectivity index (χ2v) is 7.67. The normalized spacial score (nSPS) is 22.1. The molecule has 0 radical (unpaired) electrons. The topological polar surface area (TPSA) is 91.1 Å². The number of nitrogens with zero attached hydrogens (tertiary/aromatic N) is 4. The summed E-state index contributed by atoms with van der Waals surface area (Å²) in [5.74, 6) is 0.778. The van der Waals surface area contributed by atoms with Gasteiger partial charge in [0.15, 0.2) is 5.65 Å². The fraction of sp³-hybridized carbons (Fsp3) is 0.632. The minimum absolute atomic E-state index is 0.182. The maximum Gasteiger partial charge on any atom is 0.236 e. The van der Waals surface area contributed by atoms with Crippen LogP contribution in [0.25, 0.3) is 11.0 Å². The van der Waals surface area contributed by atoms with Crippen LogP contribution in [0.5, 0.6) is 0 Å². The van der Waals surface area contributed by atoms with Crippen LogP contribution in [0.15, 0.2) is 12.1 Å². The Bertz CT molecular complexity index is 781. The van der Waals surface area contributed by atoms with Crippen LogP contribution in [-0.4, -0.2) is 57.1 Å². The Morgan fingerprint density at radius 2 is 2.08 bits per heavy atom. The van der Waals surface area contributed by atoms with Gasteiger partial charge in [0.05, 0.1) is 23.7 Å². The summed E-state index contributed by atoms with van der Waals surface area (Å²) in [5.41, 5.74) is 7.49. The van der Waals surface area contributed by atoms with Crippen LogP contribution in [0, 0.1) is 0 Å². The smallest absolute Gasteiger partial charge is 0.236 e. The first-order valence-electron chi connectivity index (χ1n) is 9.73. The molecule has 0 aromatic carbocycles. The SMILES string of the molecule is CN(C(=O)CN1CCCC1c1ccc2c(N)[nH]nc2n1)C1CCCCC1. The van der Waals surface area contributed by atoms with Crippen LogP contribution in [0.2, 0.25) is 0 Å². The van der Waals surface area contributed by atoms with Gasteiger partial charge in [-0.3, -0.25) is 14.8 Å². The van der Waals surface area contributed by atoms with E-state index in [0.717, 1.165) is 43.3 Å². The van der Waals surface area contributed by atoms with Crippen molar-refractivity contribution in [3.8, 4) is 0 Å². The molecule has 7 heteroatoms. The lowest BCUT2D eigenvalue weighted by molar-refractivity contribution is -0.134. The largest absolute Gasteiger partial charge is 0.384 e. The third-order valence-corrected chi connectivity index (χ3v) is 6.03. The van der Waals surface area contributed by atoms with Crippen LogP contribution < -0.4 is 5.73 Å². The monoisotopic (exact) mass is 356 g/mol. The Kier molecular flexibility index (Phi) is 4.80. The molecule has 0 bridgehead atoms. The summed E-state index contributed by atoms with van der Waals surface area (Å²) in [4.78, 5) is 21.8. The van der Waals surface area contributed by atoms with E-state index in [0.29, 0.717) is 24.1 Å². The van der Waals surface area contributed by atoms with Gasteiger partial charge in [0.2, 0.25) is 5.91 Å². The molecule has 140 valence electrons. The quantitative estimate of drug-likeness (QED) is 0.878. The molecule has 26 heavy (non-hydrogen) atoms. The maximum atomic E-state index is 12.8. The number of nitrogens with two attached hydrogens (primary N) is 1. The molecule has 1 atom stereocenters. The fourth-order valence-electron chi connectivity index (χ4n) is 4.43. The number of nitrogen functional groups attached to an aromatic ring is 1. The number of likely N-dealkylation sites (tertiary alicyclic amines) is 1. The molecule has 4 rings (SSSR count). The van der Waals surface area contributed by atoms with Crippen LogP contribution in [-0.2, 0) is 4.79 Å². The number of aromatic nitrogens is 3. The molecule has 3 N–H and O–H groups in total. The molecule has 1 amide bonds. The van der Waals surface area contributed by atoms with Gasteiger partial charge in [-0.05, 0) is 44.4 Å². The first-order valence-corrected chi connectivity index (χ1v) is 9.73. The lowest BCUT2D eigenvalue weighted by atomic mass is 9.94. The van der Waals surface area contributed by atoms with E-state index in [9.17, 15) is 4.79 Å². The van der Waals surface area contributed by atoms with E-state index in [4.69, 9.17) is 5.73 Å². The van der Waals surface area contributed by atoms with Crippen molar-refractivity contribution in [1.82, 2.24) is 25.0 Å². The van der Waals surface area contributed by atoms with Gasteiger partial charge in [0.25, 0.3) is 0 Å². The lowest BCUT2D eigenvalue weighted by Crippen LogP contribution is -2.44. The number of aromatic amines is 1. The van der Waals surface area contributed by atoms with Gasteiger partial charge in [0, 0.05) is 13.1 Å². The number of carbonyl (C=O) groups is 1. The molecule has 2 aromatic heterocycles. The van der Waals surface area contributed by atoms with E-state index >= 15 is 0 Å².